The molecule has 0 bridgehead atoms. The second-order valence-corrected chi connectivity index (χ2v) is 5.05. The third-order valence-corrected chi connectivity index (χ3v) is 3.52. The SMILES string of the molecule is CCC(CC)NCC(C)OCC1CCCCO1. The predicted octanol–water partition coefficient (Wildman–Crippen LogP) is 2.74. The Bertz CT molecular complexity index is 177. The fraction of sp³-hybridized carbons (Fsp3) is 1.00. The summed E-state index contributed by atoms with van der Waals surface area (Å²) < 4.78 is 11.5. The van der Waals surface area contributed by atoms with Crippen LogP contribution in [-0.2, 0) is 9.47 Å². The molecule has 1 saturated heterocycles. The molecule has 1 fully saturated rings. The van der Waals surface area contributed by atoms with E-state index in [0.29, 0.717) is 12.1 Å². The van der Waals surface area contributed by atoms with Crippen molar-refractivity contribution in [3.8, 4) is 0 Å². The van der Waals surface area contributed by atoms with E-state index in [1.807, 2.05) is 0 Å². The van der Waals surface area contributed by atoms with E-state index in [1.165, 1.54) is 25.7 Å². The molecular formula is C14H29NO2. The minimum atomic E-state index is 0.279. The Morgan fingerprint density at radius 3 is 2.65 bits per heavy atom. The molecule has 0 amide bonds. The zero-order chi connectivity index (χ0) is 12.5. The highest BCUT2D eigenvalue weighted by atomic mass is 16.5. The molecule has 3 heteroatoms. The summed E-state index contributed by atoms with van der Waals surface area (Å²) in [6.45, 7) is 9.20. The molecule has 0 radical (unpaired) electrons. The first-order valence-corrected chi connectivity index (χ1v) is 7.22. The van der Waals surface area contributed by atoms with Crippen LogP contribution in [0.2, 0.25) is 0 Å². The highest BCUT2D eigenvalue weighted by molar-refractivity contribution is 4.67. The van der Waals surface area contributed by atoms with E-state index in [9.17, 15) is 0 Å². The lowest BCUT2D eigenvalue weighted by Crippen LogP contribution is -2.36. The summed E-state index contributed by atoms with van der Waals surface area (Å²) in [7, 11) is 0. The highest BCUT2D eigenvalue weighted by Crippen LogP contribution is 2.13. The van der Waals surface area contributed by atoms with E-state index in [4.69, 9.17) is 9.47 Å². The van der Waals surface area contributed by atoms with E-state index >= 15 is 0 Å². The summed E-state index contributed by atoms with van der Waals surface area (Å²) >= 11 is 0. The minimum absolute atomic E-state index is 0.279. The maximum absolute atomic E-state index is 5.83. The molecule has 2 atom stereocenters. The number of hydrogen-bond acceptors (Lipinski definition) is 3. The van der Waals surface area contributed by atoms with Crippen LogP contribution >= 0.6 is 0 Å². The topological polar surface area (TPSA) is 30.5 Å². The predicted molar refractivity (Wildman–Crippen MR) is 71.4 cm³/mol. The molecule has 3 nitrogen and oxygen atoms in total. The van der Waals surface area contributed by atoms with Crippen LogP contribution in [0, 0.1) is 0 Å². The van der Waals surface area contributed by atoms with Crippen LogP contribution < -0.4 is 5.32 Å². The lowest BCUT2D eigenvalue weighted by molar-refractivity contribution is -0.0587. The van der Waals surface area contributed by atoms with Crippen LogP contribution in [0.3, 0.4) is 0 Å². The van der Waals surface area contributed by atoms with Crippen molar-refractivity contribution in [2.75, 3.05) is 19.8 Å². The lowest BCUT2D eigenvalue weighted by atomic mass is 10.1. The monoisotopic (exact) mass is 243 g/mol. The van der Waals surface area contributed by atoms with Gasteiger partial charge in [0.05, 0.1) is 18.8 Å². The Labute approximate surface area is 106 Å². The quantitative estimate of drug-likeness (QED) is 0.711. The summed E-state index contributed by atoms with van der Waals surface area (Å²) in [6.07, 6.45) is 6.65. The van der Waals surface area contributed by atoms with Crippen LogP contribution in [0.1, 0.15) is 52.9 Å². The van der Waals surface area contributed by atoms with Gasteiger partial charge < -0.3 is 14.8 Å². The Kier molecular flexibility index (Phi) is 7.82. The summed E-state index contributed by atoms with van der Waals surface area (Å²) in [6, 6.07) is 0.631. The first-order valence-electron chi connectivity index (χ1n) is 7.22. The fourth-order valence-electron chi connectivity index (χ4n) is 2.18. The van der Waals surface area contributed by atoms with Crippen molar-refractivity contribution in [1.29, 1.82) is 0 Å². The molecule has 2 unspecified atom stereocenters. The van der Waals surface area contributed by atoms with E-state index in [0.717, 1.165) is 26.2 Å². The molecular weight excluding hydrogens is 214 g/mol. The normalized spacial score (nSPS) is 22.9. The van der Waals surface area contributed by atoms with Gasteiger partial charge in [-0.1, -0.05) is 13.8 Å². The Morgan fingerprint density at radius 1 is 1.29 bits per heavy atom. The Morgan fingerprint density at radius 2 is 2.06 bits per heavy atom. The van der Waals surface area contributed by atoms with Crippen molar-refractivity contribution in [2.24, 2.45) is 0 Å². The van der Waals surface area contributed by atoms with Crippen molar-refractivity contribution < 1.29 is 9.47 Å². The number of hydrogen-bond donors (Lipinski definition) is 1. The minimum Gasteiger partial charge on any atom is -0.376 e. The Balaban J connectivity index is 2.05. The van der Waals surface area contributed by atoms with Crippen molar-refractivity contribution in [3.63, 3.8) is 0 Å². The average molecular weight is 243 g/mol. The summed E-state index contributed by atoms with van der Waals surface area (Å²) in [4.78, 5) is 0. The molecule has 0 aromatic heterocycles. The van der Waals surface area contributed by atoms with Gasteiger partial charge in [0.2, 0.25) is 0 Å². The molecule has 1 aliphatic heterocycles. The van der Waals surface area contributed by atoms with Gasteiger partial charge in [0.25, 0.3) is 0 Å². The zero-order valence-corrected chi connectivity index (χ0v) is 11.7. The zero-order valence-electron chi connectivity index (χ0n) is 11.7. The van der Waals surface area contributed by atoms with Gasteiger partial charge in [-0.2, -0.15) is 0 Å². The van der Waals surface area contributed by atoms with Gasteiger partial charge in [0, 0.05) is 19.2 Å². The highest BCUT2D eigenvalue weighted by Gasteiger charge is 2.15. The molecule has 102 valence electrons. The van der Waals surface area contributed by atoms with Crippen molar-refractivity contribution in [2.45, 2.75) is 71.1 Å². The van der Waals surface area contributed by atoms with Crippen molar-refractivity contribution in [3.05, 3.63) is 0 Å². The van der Waals surface area contributed by atoms with Crippen LogP contribution in [-0.4, -0.2) is 38.0 Å². The van der Waals surface area contributed by atoms with Crippen LogP contribution in [0.5, 0.6) is 0 Å². The van der Waals surface area contributed by atoms with E-state index in [-0.39, 0.29) is 6.10 Å². The van der Waals surface area contributed by atoms with Crippen LogP contribution in [0.15, 0.2) is 0 Å². The molecule has 17 heavy (non-hydrogen) atoms. The second-order valence-electron chi connectivity index (χ2n) is 5.05. The third kappa shape index (κ3) is 6.39. The van der Waals surface area contributed by atoms with E-state index in [1.54, 1.807) is 0 Å². The Hall–Kier alpha value is -0.120. The smallest absolute Gasteiger partial charge is 0.0808 e. The number of nitrogens with one attached hydrogen (secondary N) is 1. The molecule has 0 saturated carbocycles. The summed E-state index contributed by atoms with van der Waals surface area (Å²) in [5.74, 6) is 0. The number of ether oxygens (including phenoxy) is 2. The third-order valence-electron chi connectivity index (χ3n) is 3.52. The van der Waals surface area contributed by atoms with Gasteiger partial charge in [0.15, 0.2) is 0 Å². The lowest BCUT2D eigenvalue weighted by Gasteiger charge is -2.25. The standard InChI is InChI=1S/C14H29NO2/c1-4-13(5-2)15-10-12(3)17-11-14-8-6-7-9-16-14/h12-15H,4-11H2,1-3H3. The van der Waals surface area contributed by atoms with Crippen molar-refractivity contribution >= 4 is 0 Å². The molecule has 1 rings (SSSR count). The molecule has 0 aromatic carbocycles. The first-order chi connectivity index (χ1) is 8.26. The van der Waals surface area contributed by atoms with Gasteiger partial charge in [-0.05, 0) is 39.0 Å². The molecule has 1 heterocycles. The summed E-state index contributed by atoms with van der Waals surface area (Å²) in [5.41, 5.74) is 0. The first kappa shape index (κ1) is 14.9. The van der Waals surface area contributed by atoms with Gasteiger partial charge >= 0.3 is 0 Å². The maximum atomic E-state index is 5.83. The van der Waals surface area contributed by atoms with Crippen molar-refractivity contribution in [1.82, 2.24) is 5.32 Å². The number of rotatable bonds is 8. The van der Waals surface area contributed by atoms with Gasteiger partial charge in [-0.3, -0.25) is 0 Å². The maximum Gasteiger partial charge on any atom is 0.0808 e. The molecule has 0 aliphatic carbocycles. The molecule has 0 spiro atoms. The average Bonchev–Trinajstić information content (AvgIpc) is 2.39. The van der Waals surface area contributed by atoms with Gasteiger partial charge in [-0.15, -0.1) is 0 Å². The molecule has 1 aliphatic rings. The summed E-state index contributed by atoms with van der Waals surface area (Å²) in [5, 5.41) is 3.54. The molecule has 0 aromatic rings. The van der Waals surface area contributed by atoms with E-state index in [2.05, 4.69) is 26.1 Å². The largest absolute Gasteiger partial charge is 0.376 e. The fourth-order valence-corrected chi connectivity index (χ4v) is 2.18. The second kappa shape index (κ2) is 8.90. The molecule has 1 N–H and O–H groups in total. The van der Waals surface area contributed by atoms with Gasteiger partial charge in [-0.25, -0.2) is 0 Å². The van der Waals surface area contributed by atoms with Crippen LogP contribution in [0.4, 0.5) is 0 Å². The van der Waals surface area contributed by atoms with Gasteiger partial charge in [0.1, 0.15) is 0 Å². The van der Waals surface area contributed by atoms with E-state index < -0.39 is 0 Å². The van der Waals surface area contributed by atoms with Crippen LogP contribution in [0.25, 0.3) is 0 Å².